The third kappa shape index (κ3) is 4.77. The molecule has 3 aliphatic rings. The second-order valence-electron chi connectivity index (χ2n) is 9.96. The zero-order valence-electron chi connectivity index (χ0n) is 19.7. The number of rotatable bonds is 6. The molecule has 2 amide bonds. The maximum absolute atomic E-state index is 13.1. The van der Waals surface area contributed by atoms with Crippen LogP contribution in [0.4, 0.5) is 4.79 Å². The van der Waals surface area contributed by atoms with Gasteiger partial charge >= 0.3 is 12.1 Å². The molecular formula is C28H32N2O5. The van der Waals surface area contributed by atoms with Crippen LogP contribution in [0.25, 0.3) is 11.1 Å². The predicted octanol–water partition coefficient (Wildman–Crippen LogP) is 4.45. The van der Waals surface area contributed by atoms with Gasteiger partial charge in [0.15, 0.2) is 0 Å². The molecule has 0 spiro atoms. The zero-order valence-corrected chi connectivity index (χ0v) is 19.7. The Labute approximate surface area is 205 Å². The standard InChI is InChI=1S/C28H32N2O5/c31-26(29-25-15-7-13-22(25)27(32)33)21-12-5-6-14-24(21)30-28(34)35-16-23-19-10-3-1-8-17(19)18-9-2-4-11-20(18)23/h1-4,8-11,21-25H,5-7,12-16H2,(H,29,31)(H,30,34)(H,32,33)/t21-,22-,24+,25+/m1/s1. The molecule has 0 aromatic heterocycles. The molecule has 184 valence electrons. The Bertz CT molecular complexity index is 1070. The average molecular weight is 477 g/mol. The van der Waals surface area contributed by atoms with Crippen molar-refractivity contribution in [3.8, 4) is 11.1 Å². The summed E-state index contributed by atoms with van der Waals surface area (Å²) in [5.74, 6) is -1.94. The lowest BCUT2D eigenvalue weighted by molar-refractivity contribution is -0.142. The van der Waals surface area contributed by atoms with Crippen molar-refractivity contribution in [3.63, 3.8) is 0 Å². The fourth-order valence-corrected chi connectivity index (χ4v) is 6.13. The number of benzene rings is 2. The highest BCUT2D eigenvalue weighted by Crippen LogP contribution is 2.44. The van der Waals surface area contributed by atoms with Crippen LogP contribution in [-0.4, -0.2) is 41.8 Å². The van der Waals surface area contributed by atoms with Gasteiger partial charge in [-0.1, -0.05) is 67.8 Å². The van der Waals surface area contributed by atoms with E-state index in [4.69, 9.17) is 4.74 Å². The van der Waals surface area contributed by atoms with Gasteiger partial charge in [-0.2, -0.15) is 0 Å². The van der Waals surface area contributed by atoms with Crippen LogP contribution < -0.4 is 10.6 Å². The van der Waals surface area contributed by atoms with Crippen molar-refractivity contribution in [3.05, 3.63) is 59.7 Å². The van der Waals surface area contributed by atoms with Crippen molar-refractivity contribution in [2.24, 2.45) is 11.8 Å². The summed E-state index contributed by atoms with van der Waals surface area (Å²) in [4.78, 5) is 37.4. The Morgan fingerprint density at radius 3 is 2.03 bits per heavy atom. The van der Waals surface area contributed by atoms with Crippen LogP contribution >= 0.6 is 0 Å². The van der Waals surface area contributed by atoms with Gasteiger partial charge in [0.05, 0.1) is 11.8 Å². The molecule has 0 radical (unpaired) electrons. The molecule has 7 heteroatoms. The van der Waals surface area contributed by atoms with Crippen LogP contribution in [0.3, 0.4) is 0 Å². The molecule has 3 aliphatic carbocycles. The van der Waals surface area contributed by atoms with Crippen LogP contribution in [0.2, 0.25) is 0 Å². The van der Waals surface area contributed by atoms with Crippen molar-refractivity contribution in [2.45, 2.75) is 62.9 Å². The summed E-state index contributed by atoms with van der Waals surface area (Å²) in [5, 5.41) is 15.3. The van der Waals surface area contributed by atoms with Crippen molar-refractivity contribution >= 4 is 18.0 Å². The summed E-state index contributed by atoms with van der Waals surface area (Å²) in [6, 6.07) is 15.7. The number of hydrogen-bond acceptors (Lipinski definition) is 4. The number of carboxylic acids is 1. The molecule has 0 bridgehead atoms. The number of amides is 2. The molecule has 2 aromatic rings. The molecule has 7 nitrogen and oxygen atoms in total. The number of carbonyl (C=O) groups excluding carboxylic acids is 2. The SMILES string of the molecule is O=C(N[C@H]1CCCC[C@H]1C(=O)N[C@H]1CCC[C@H]1C(=O)O)OCC1c2ccccc2-c2ccccc21. The van der Waals surface area contributed by atoms with Crippen molar-refractivity contribution in [1.29, 1.82) is 0 Å². The van der Waals surface area contributed by atoms with Crippen molar-refractivity contribution in [2.75, 3.05) is 6.61 Å². The topological polar surface area (TPSA) is 105 Å². The molecular weight excluding hydrogens is 444 g/mol. The van der Waals surface area contributed by atoms with E-state index in [0.717, 1.165) is 30.4 Å². The summed E-state index contributed by atoms with van der Waals surface area (Å²) in [5.41, 5.74) is 4.65. The minimum Gasteiger partial charge on any atom is -0.481 e. The smallest absolute Gasteiger partial charge is 0.407 e. The second-order valence-corrected chi connectivity index (χ2v) is 9.96. The van der Waals surface area contributed by atoms with Crippen LogP contribution in [0, 0.1) is 11.8 Å². The maximum Gasteiger partial charge on any atom is 0.407 e. The summed E-state index contributed by atoms with van der Waals surface area (Å²) in [6.45, 7) is 0.228. The van der Waals surface area contributed by atoms with E-state index in [9.17, 15) is 19.5 Å². The Hall–Kier alpha value is -3.35. The van der Waals surface area contributed by atoms with Gasteiger partial charge < -0.3 is 20.5 Å². The number of nitrogens with one attached hydrogen (secondary N) is 2. The van der Waals surface area contributed by atoms with E-state index < -0.39 is 18.0 Å². The molecule has 2 saturated carbocycles. The Balaban J connectivity index is 1.21. The summed E-state index contributed by atoms with van der Waals surface area (Å²) >= 11 is 0. The first-order chi connectivity index (χ1) is 17.0. The highest BCUT2D eigenvalue weighted by molar-refractivity contribution is 5.82. The quantitative estimate of drug-likeness (QED) is 0.571. The van der Waals surface area contributed by atoms with Crippen LogP contribution in [0.15, 0.2) is 48.5 Å². The third-order valence-corrected chi connectivity index (χ3v) is 7.91. The summed E-state index contributed by atoms with van der Waals surface area (Å²) in [7, 11) is 0. The lowest BCUT2D eigenvalue weighted by Gasteiger charge is -2.32. The third-order valence-electron chi connectivity index (χ3n) is 7.91. The predicted molar refractivity (Wildman–Crippen MR) is 131 cm³/mol. The van der Waals surface area contributed by atoms with E-state index in [0.29, 0.717) is 25.7 Å². The molecule has 0 aliphatic heterocycles. The van der Waals surface area contributed by atoms with E-state index in [2.05, 4.69) is 34.9 Å². The number of ether oxygens (including phenoxy) is 1. The van der Waals surface area contributed by atoms with E-state index in [1.165, 1.54) is 11.1 Å². The number of hydrogen-bond donors (Lipinski definition) is 3. The van der Waals surface area contributed by atoms with Gasteiger partial charge in [0.2, 0.25) is 5.91 Å². The fourth-order valence-electron chi connectivity index (χ4n) is 6.13. The zero-order chi connectivity index (χ0) is 24.4. The Kier molecular flexibility index (Phi) is 6.75. The van der Waals surface area contributed by atoms with Gasteiger partial charge in [-0.3, -0.25) is 9.59 Å². The first-order valence-corrected chi connectivity index (χ1v) is 12.7. The van der Waals surface area contributed by atoms with Crippen molar-refractivity contribution in [1.82, 2.24) is 10.6 Å². The highest BCUT2D eigenvalue weighted by atomic mass is 16.5. The number of aliphatic carboxylic acids is 1. The van der Waals surface area contributed by atoms with Gasteiger partial charge in [-0.15, -0.1) is 0 Å². The monoisotopic (exact) mass is 476 g/mol. The van der Waals surface area contributed by atoms with Crippen LogP contribution in [-0.2, 0) is 14.3 Å². The Morgan fingerprint density at radius 2 is 1.34 bits per heavy atom. The lowest BCUT2D eigenvalue weighted by atomic mass is 9.83. The minimum absolute atomic E-state index is 0.0195. The molecule has 0 heterocycles. The molecule has 35 heavy (non-hydrogen) atoms. The van der Waals surface area contributed by atoms with E-state index in [-0.39, 0.29) is 36.4 Å². The van der Waals surface area contributed by atoms with Gasteiger partial charge in [-0.05, 0) is 47.9 Å². The lowest BCUT2D eigenvalue weighted by Crippen LogP contribution is -2.51. The number of carboxylic acid groups (broad SMARTS) is 1. The largest absolute Gasteiger partial charge is 0.481 e. The minimum atomic E-state index is -0.857. The molecule has 0 saturated heterocycles. The first kappa shape index (κ1) is 23.4. The van der Waals surface area contributed by atoms with Gasteiger partial charge in [0, 0.05) is 18.0 Å². The Morgan fingerprint density at radius 1 is 0.771 bits per heavy atom. The molecule has 2 aromatic carbocycles. The summed E-state index contributed by atoms with van der Waals surface area (Å²) in [6.07, 6.45) is 4.77. The maximum atomic E-state index is 13.1. The fraction of sp³-hybridized carbons (Fsp3) is 0.464. The molecule has 0 unspecified atom stereocenters. The second kappa shape index (κ2) is 10.1. The number of alkyl carbamates (subject to hydrolysis) is 1. The molecule has 3 N–H and O–H groups in total. The van der Waals surface area contributed by atoms with E-state index in [1.54, 1.807) is 0 Å². The van der Waals surface area contributed by atoms with E-state index in [1.807, 2.05) is 24.3 Å². The van der Waals surface area contributed by atoms with Crippen LogP contribution in [0.5, 0.6) is 0 Å². The van der Waals surface area contributed by atoms with Crippen molar-refractivity contribution < 1.29 is 24.2 Å². The molecule has 5 rings (SSSR count). The normalized spacial score (nSPS) is 25.4. The van der Waals surface area contributed by atoms with Gasteiger partial charge in [0.25, 0.3) is 0 Å². The van der Waals surface area contributed by atoms with Gasteiger partial charge in [0.1, 0.15) is 6.61 Å². The van der Waals surface area contributed by atoms with E-state index >= 15 is 0 Å². The van der Waals surface area contributed by atoms with Crippen LogP contribution in [0.1, 0.15) is 62.0 Å². The summed E-state index contributed by atoms with van der Waals surface area (Å²) < 4.78 is 5.69. The molecule has 4 atom stereocenters. The average Bonchev–Trinajstić information content (AvgIpc) is 3.46. The number of fused-ring (bicyclic) bond motifs is 3. The first-order valence-electron chi connectivity index (χ1n) is 12.7. The highest BCUT2D eigenvalue weighted by Gasteiger charge is 2.38. The number of carbonyl (C=O) groups is 3. The van der Waals surface area contributed by atoms with Gasteiger partial charge in [-0.25, -0.2) is 4.79 Å². The molecule has 2 fully saturated rings.